The van der Waals surface area contributed by atoms with Gasteiger partial charge in [0.15, 0.2) is 0 Å². The number of ether oxygens (including phenoxy) is 1. The quantitative estimate of drug-likeness (QED) is 0.757. The molecule has 1 aliphatic carbocycles. The molecule has 2 aromatic heterocycles. The largest absolute Gasteiger partial charge is 0.376 e. The highest BCUT2D eigenvalue weighted by atomic mass is 16.5. The Labute approximate surface area is 163 Å². The first kappa shape index (κ1) is 17.4. The van der Waals surface area contributed by atoms with E-state index in [0.29, 0.717) is 19.3 Å². The number of hydrogen-bond acceptors (Lipinski definition) is 5. The first-order valence-electron chi connectivity index (χ1n) is 10.1. The molecule has 1 saturated carbocycles. The molecule has 3 aromatic rings. The zero-order valence-electron chi connectivity index (χ0n) is 16.1. The summed E-state index contributed by atoms with van der Waals surface area (Å²) < 4.78 is 9.26. The molecule has 0 amide bonds. The maximum atomic E-state index is 12.5. The summed E-state index contributed by atoms with van der Waals surface area (Å²) in [6, 6.07) is 10.4. The zero-order valence-corrected chi connectivity index (χ0v) is 16.1. The van der Waals surface area contributed by atoms with Gasteiger partial charge >= 0.3 is 0 Å². The third-order valence-electron chi connectivity index (χ3n) is 6.03. The molecule has 1 aromatic carbocycles. The van der Waals surface area contributed by atoms with Gasteiger partial charge in [0.25, 0.3) is 5.56 Å². The average Bonchev–Trinajstić information content (AvgIpc) is 3.04. The molecule has 7 nitrogen and oxygen atoms in total. The summed E-state index contributed by atoms with van der Waals surface area (Å²) in [5.41, 5.74) is 4.11. The predicted molar refractivity (Wildman–Crippen MR) is 107 cm³/mol. The second-order valence-corrected chi connectivity index (χ2v) is 7.83. The van der Waals surface area contributed by atoms with Crippen LogP contribution in [0.3, 0.4) is 0 Å². The summed E-state index contributed by atoms with van der Waals surface area (Å²) in [6.07, 6.45) is 4.69. The zero-order chi connectivity index (χ0) is 19.1. The van der Waals surface area contributed by atoms with Crippen molar-refractivity contribution in [2.75, 3.05) is 11.9 Å². The maximum Gasteiger partial charge on any atom is 0.267 e. The van der Waals surface area contributed by atoms with Crippen molar-refractivity contribution < 1.29 is 4.74 Å². The summed E-state index contributed by atoms with van der Waals surface area (Å²) in [7, 11) is 2.05. The molecule has 146 valence electrons. The molecule has 1 N–H and O–H groups in total. The van der Waals surface area contributed by atoms with Crippen molar-refractivity contribution in [3.63, 3.8) is 0 Å². The van der Waals surface area contributed by atoms with Crippen LogP contribution in [0.2, 0.25) is 0 Å². The first-order chi connectivity index (χ1) is 13.7. The van der Waals surface area contributed by atoms with Crippen LogP contribution in [0.15, 0.2) is 35.1 Å². The van der Waals surface area contributed by atoms with Crippen molar-refractivity contribution in [1.29, 1.82) is 0 Å². The molecule has 5 rings (SSSR count). The molecule has 0 radical (unpaired) electrons. The van der Waals surface area contributed by atoms with Crippen LogP contribution in [-0.4, -0.2) is 32.0 Å². The van der Waals surface area contributed by atoms with Crippen molar-refractivity contribution >= 4 is 17.0 Å². The van der Waals surface area contributed by atoms with Crippen LogP contribution in [0.4, 0.5) is 5.95 Å². The van der Waals surface area contributed by atoms with Gasteiger partial charge in [0.05, 0.1) is 36.0 Å². The minimum atomic E-state index is -0.00369. The van der Waals surface area contributed by atoms with E-state index in [0.717, 1.165) is 60.3 Å². The van der Waals surface area contributed by atoms with Gasteiger partial charge in [0.2, 0.25) is 5.95 Å². The normalized spacial score (nSPS) is 22.2. The molecule has 0 saturated heterocycles. The van der Waals surface area contributed by atoms with E-state index in [-0.39, 0.29) is 11.6 Å². The number of aryl methyl sites for hydroxylation is 1. The minimum absolute atomic E-state index is 0.00369. The lowest BCUT2D eigenvalue weighted by Gasteiger charge is -2.30. The Bertz CT molecular complexity index is 1060. The fourth-order valence-corrected chi connectivity index (χ4v) is 4.41. The molecule has 0 bridgehead atoms. The first-order valence-corrected chi connectivity index (χ1v) is 10.1. The molecule has 0 spiro atoms. The standard InChI is InChI=1S/C21H25N5O2/c1-25-19-5-3-2-4-18(19)23-21(25)22-15-6-8-16(9-7-15)26-20(27)12-14-13-28-11-10-17(14)24-26/h2-5,12,15-16H,6-11,13H2,1H3,(H,22,23). The van der Waals surface area contributed by atoms with E-state index in [2.05, 4.69) is 21.0 Å². The maximum absolute atomic E-state index is 12.5. The summed E-state index contributed by atoms with van der Waals surface area (Å²) in [5, 5.41) is 8.28. The van der Waals surface area contributed by atoms with Gasteiger partial charge in [-0.3, -0.25) is 4.79 Å². The molecule has 1 fully saturated rings. The Kier molecular flexibility index (Phi) is 4.39. The highest BCUT2D eigenvalue weighted by Crippen LogP contribution is 2.30. The lowest BCUT2D eigenvalue weighted by atomic mass is 9.91. The number of aromatic nitrogens is 4. The van der Waals surface area contributed by atoms with Crippen LogP contribution in [0.5, 0.6) is 0 Å². The van der Waals surface area contributed by atoms with Crippen LogP contribution < -0.4 is 10.9 Å². The highest BCUT2D eigenvalue weighted by Gasteiger charge is 2.26. The van der Waals surface area contributed by atoms with E-state index < -0.39 is 0 Å². The Morgan fingerprint density at radius 1 is 1.18 bits per heavy atom. The molecular weight excluding hydrogens is 354 g/mol. The molecule has 0 unspecified atom stereocenters. The van der Waals surface area contributed by atoms with E-state index in [1.165, 1.54) is 0 Å². The van der Waals surface area contributed by atoms with E-state index >= 15 is 0 Å². The van der Waals surface area contributed by atoms with Gasteiger partial charge in [-0.05, 0) is 37.8 Å². The van der Waals surface area contributed by atoms with Crippen molar-refractivity contribution in [1.82, 2.24) is 19.3 Å². The van der Waals surface area contributed by atoms with Gasteiger partial charge < -0.3 is 14.6 Å². The summed E-state index contributed by atoms with van der Waals surface area (Å²) in [4.78, 5) is 17.2. The second-order valence-electron chi connectivity index (χ2n) is 7.83. The van der Waals surface area contributed by atoms with E-state index in [1.54, 1.807) is 10.7 Å². The Hall–Kier alpha value is -2.67. The Morgan fingerprint density at radius 2 is 2.00 bits per heavy atom. The fourth-order valence-electron chi connectivity index (χ4n) is 4.41. The summed E-state index contributed by atoms with van der Waals surface area (Å²) in [6.45, 7) is 1.19. The van der Waals surface area contributed by atoms with Gasteiger partial charge in [0, 0.05) is 31.1 Å². The summed E-state index contributed by atoms with van der Waals surface area (Å²) >= 11 is 0. The van der Waals surface area contributed by atoms with Gasteiger partial charge in [-0.15, -0.1) is 0 Å². The highest BCUT2D eigenvalue weighted by molar-refractivity contribution is 5.78. The molecular formula is C21H25N5O2. The molecule has 7 heteroatoms. The van der Waals surface area contributed by atoms with Crippen LogP contribution in [0, 0.1) is 0 Å². The lowest BCUT2D eigenvalue weighted by molar-refractivity contribution is 0.107. The lowest BCUT2D eigenvalue weighted by Crippen LogP contribution is -2.35. The number of nitrogens with zero attached hydrogens (tertiary/aromatic N) is 4. The van der Waals surface area contributed by atoms with Gasteiger partial charge in [0.1, 0.15) is 0 Å². The number of anilines is 1. The van der Waals surface area contributed by atoms with Crippen molar-refractivity contribution in [2.24, 2.45) is 7.05 Å². The van der Waals surface area contributed by atoms with Crippen molar-refractivity contribution in [3.8, 4) is 0 Å². The van der Waals surface area contributed by atoms with E-state index in [1.807, 2.05) is 25.2 Å². The number of para-hydroxylation sites is 2. The molecule has 3 heterocycles. The minimum Gasteiger partial charge on any atom is -0.376 e. The topological polar surface area (TPSA) is 74.0 Å². The number of nitrogens with one attached hydrogen (secondary N) is 1. The fraction of sp³-hybridized carbons (Fsp3) is 0.476. The molecule has 2 aliphatic rings. The SMILES string of the molecule is Cn1c(NC2CCC(n3nc4c(cc3=O)COCC4)CC2)nc2ccccc21. The number of hydrogen-bond donors (Lipinski definition) is 1. The van der Waals surface area contributed by atoms with Crippen LogP contribution in [-0.2, 0) is 24.8 Å². The van der Waals surface area contributed by atoms with Gasteiger partial charge in [-0.1, -0.05) is 12.1 Å². The van der Waals surface area contributed by atoms with Crippen LogP contribution >= 0.6 is 0 Å². The van der Waals surface area contributed by atoms with Gasteiger partial charge in [-0.25, -0.2) is 9.67 Å². The van der Waals surface area contributed by atoms with Crippen molar-refractivity contribution in [2.45, 2.75) is 50.8 Å². The average molecular weight is 379 g/mol. The number of benzene rings is 1. The van der Waals surface area contributed by atoms with E-state index in [4.69, 9.17) is 9.72 Å². The second kappa shape index (κ2) is 7.05. The van der Waals surface area contributed by atoms with Crippen molar-refractivity contribution in [3.05, 3.63) is 51.9 Å². The molecule has 0 atom stereocenters. The molecule has 1 aliphatic heterocycles. The smallest absolute Gasteiger partial charge is 0.267 e. The van der Waals surface area contributed by atoms with E-state index in [9.17, 15) is 4.79 Å². The third kappa shape index (κ3) is 3.09. The van der Waals surface area contributed by atoms with Crippen LogP contribution in [0.1, 0.15) is 43.0 Å². The Morgan fingerprint density at radius 3 is 2.82 bits per heavy atom. The Balaban J connectivity index is 1.29. The predicted octanol–water partition coefficient (Wildman–Crippen LogP) is 2.80. The summed E-state index contributed by atoms with van der Waals surface area (Å²) in [5.74, 6) is 0.911. The van der Waals surface area contributed by atoms with Crippen LogP contribution in [0.25, 0.3) is 11.0 Å². The van der Waals surface area contributed by atoms with Gasteiger partial charge in [-0.2, -0.15) is 5.10 Å². The third-order valence-corrected chi connectivity index (χ3v) is 6.03. The number of fused-ring (bicyclic) bond motifs is 2. The molecule has 28 heavy (non-hydrogen) atoms. The monoisotopic (exact) mass is 379 g/mol. The number of imidazole rings is 1. The number of rotatable bonds is 3.